The molecule has 410 valence electrons. The van der Waals surface area contributed by atoms with E-state index in [2.05, 4.69) is 304 Å². The van der Waals surface area contributed by atoms with Gasteiger partial charge in [-0.25, -0.2) is 0 Å². The molecule has 11 aromatic rings. The van der Waals surface area contributed by atoms with Gasteiger partial charge in [-0.3, -0.25) is 0 Å². The van der Waals surface area contributed by atoms with Gasteiger partial charge in [0.2, 0.25) is 13.4 Å². The third kappa shape index (κ3) is 8.42. The van der Waals surface area contributed by atoms with Gasteiger partial charge in [0.25, 0.3) is 0 Å². The van der Waals surface area contributed by atoms with E-state index in [4.69, 9.17) is 0 Å². The first-order chi connectivity index (χ1) is 38.5. The Labute approximate surface area is 490 Å². The zero-order valence-electron chi connectivity index (χ0n) is 52.2. The first kappa shape index (κ1) is 54.0. The topological polar surface area (TPSA) is 9.86 Å². The monoisotopic (exact) mass is 1070 g/mol. The normalized spacial score (nSPS) is 13.9. The molecule has 0 radical (unpaired) electrons. The lowest BCUT2D eigenvalue weighted by atomic mass is 9.30. The van der Waals surface area contributed by atoms with Crippen LogP contribution in [0.1, 0.15) is 158 Å². The van der Waals surface area contributed by atoms with Gasteiger partial charge in [0.1, 0.15) is 0 Å². The second kappa shape index (κ2) is 18.1. The zero-order valence-corrected chi connectivity index (χ0v) is 52.2. The Morgan fingerprint density at radius 2 is 0.598 bits per heavy atom. The summed E-state index contributed by atoms with van der Waals surface area (Å²) in [6.45, 7) is 43.5. The maximum Gasteiger partial charge on any atom is 0.247 e. The molecule has 0 spiro atoms. The van der Waals surface area contributed by atoms with Crippen molar-refractivity contribution in [3.05, 3.63) is 203 Å². The van der Waals surface area contributed by atoms with Gasteiger partial charge >= 0.3 is 0 Å². The van der Waals surface area contributed by atoms with Crippen molar-refractivity contribution in [2.24, 2.45) is 0 Å². The van der Waals surface area contributed by atoms with Crippen LogP contribution in [-0.2, 0) is 32.5 Å². The van der Waals surface area contributed by atoms with Gasteiger partial charge in [0.15, 0.2) is 0 Å². The molecule has 0 atom stereocenters. The van der Waals surface area contributed by atoms with E-state index in [1.807, 2.05) is 0 Å². The van der Waals surface area contributed by atoms with Crippen LogP contribution in [0.2, 0.25) is 0 Å². The molecule has 9 aromatic carbocycles. The number of nitrogens with zero attached hydrogens (tertiary/aromatic N) is 2. The largest absolute Gasteiger partial charge is 0.310 e. The van der Waals surface area contributed by atoms with Crippen LogP contribution in [0.15, 0.2) is 170 Å². The molecular weight excluding hydrogens is 986 g/mol. The summed E-state index contributed by atoms with van der Waals surface area (Å²) in [5, 5.41) is 5.18. The van der Waals surface area contributed by atoms with Crippen LogP contribution in [0.25, 0.3) is 77.2 Å². The molecule has 0 fully saturated rings. The molecule has 0 unspecified atom stereocenters. The van der Waals surface area contributed by atoms with Crippen molar-refractivity contribution in [2.45, 2.75) is 157 Å². The fourth-order valence-electron chi connectivity index (χ4n) is 14.5. The second-order valence-electron chi connectivity index (χ2n) is 30.7. The molecule has 4 heteroatoms. The maximum atomic E-state index is 2.71. The Morgan fingerprint density at radius 3 is 0.902 bits per heavy atom. The Kier molecular flexibility index (Phi) is 11.9. The van der Waals surface area contributed by atoms with Crippen LogP contribution in [0.5, 0.6) is 0 Å². The molecule has 0 N–H and O–H groups in total. The summed E-state index contributed by atoms with van der Waals surface area (Å²) in [5.41, 5.74) is 28.7. The van der Waals surface area contributed by atoms with Gasteiger partial charge < -0.3 is 9.13 Å². The van der Waals surface area contributed by atoms with Crippen molar-refractivity contribution in [1.82, 2.24) is 9.13 Å². The van der Waals surface area contributed by atoms with Crippen LogP contribution < -0.4 is 32.8 Å². The summed E-state index contributed by atoms with van der Waals surface area (Å²) in [7, 11) is 0. The summed E-state index contributed by atoms with van der Waals surface area (Å²) >= 11 is 0. The average Bonchev–Trinajstić information content (AvgIpc) is 1.70. The van der Waals surface area contributed by atoms with E-state index in [-0.39, 0.29) is 45.9 Å². The molecule has 4 heterocycles. The lowest BCUT2D eigenvalue weighted by Crippen LogP contribution is -2.63. The lowest BCUT2D eigenvalue weighted by molar-refractivity contribution is 0.552. The number of rotatable bonds is 4. The van der Waals surface area contributed by atoms with Crippen molar-refractivity contribution >= 4 is 89.8 Å². The predicted octanol–water partition coefficient (Wildman–Crippen LogP) is 16.7. The summed E-state index contributed by atoms with van der Waals surface area (Å²) in [5.74, 6) is 0. The number of hydrogen-bond donors (Lipinski definition) is 0. The smallest absolute Gasteiger partial charge is 0.247 e. The molecule has 2 aliphatic rings. The first-order valence-corrected chi connectivity index (χ1v) is 30.3. The van der Waals surface area contributed by atoms with E-state index >= 15 is 0 Å². The number of para-hydroxylation sites is 2. The third-order valence-electron chi connectivity index (χ3n) is 18.7. The van der Waals surface area contributed by atoms with Crippen molar-refractivity contribution in [3.63, 3.8) is 0 Å². The molecule has 0 saturated carbocycles. The minimum Gasteiger partial charge on any atom is -0.310 e. The predicted molar refractivity (Wildman–Crippen MR) is 360 cm³/mol. The fraction of sp³-hybridized carbons (Fsp3) is 0.308. The third-order valence-corrected chi connectivity index (χ3v) is 18.7. The molecule has 2 aliphatic heterocycles. The summed E-state index contributed by atoms with van der Waals surface area (Å²) in [4.78, 5) is 0. The molecular formula is C78H82B2N2. The van der Waals surface area contributed by atoms with Crippen LogP contribution >= 0.6 is 0 Å². The number of hydrogen-bond acceptors (Lipinski definition) is 0. The first-order valence-electron chi connectivity index (χ1n) is 30.3. The molecule has 0 amide bonds. The van der Waals surface area contributed by atoms with Crippen LogP contribution in [0, 0.1) is 0 Å². The van der Waals surface area contributed by atoms with Gasteiger partial charge in [-0.05, 0) is 146 Å². The number of aromatic nitrogens is 2. The summed E-state index contributed by atoms with van der Waals surface area (Å²) in [6, 6.07) is 66.7. The lowest BCUT2D eigenvalue weighted by Gasteiger charge is -2.40. The quantitative estimate of drug-likeness (QED) is 0.156. The molecule has 82 heavy (non-hydrogen) atoms. The van der Waals surface area contributed by atoms with E-state index < -0.39 is 0 Å². The van der Waals surface area contributed by atoms with E-state index in [0.717, 1.165) is 0 Å². The van der Waals surface area contributed by atoms with Gasteiger partial charge in [0, 0.05) is 44.0 Å². The fourth-order valence-corrected chi connectivity index (χ4v) is 14.5. The Hall–Kier alpha value is -7.29. The van der Waals surface area contributed by atoms with Crippen LogP contribution in [0.4, 0.5) is 0 Å². The van der Waals surface area contributed by atoms with E-state index in [1.54, 1.807) is 0 Å². The maximum absolute atomic E-state index is 2.71. The minimum atomic E-state index is -0.164. The number of fused-ring (bicyclic) bond motifs is 10. The van der Waals surface area contributed by atoms with E-state index in [9.17, 15) is 0 Å². The van der Waals surface area contributed by atoms with E-state index in [0.29, 0.717) is 0 Å². The van der Waals surface area contributed by atoms with Crippen molar-refractivity contribution in [2.75, 3.05) is 0 Å². The second-order valence-corrected chi connectivity index (χ2v) is 30.7. The molecule has 2 nitrogen and oxygen atoms in total. The van der Waals surface area contributed by atoms with Crippen LogP contribution in [-0.4, -0.2) is 22.6 Å². The van der Waals surface area contributed by atoms with Crippen molar-refractivity contribution in [3.8, 4) is 33.6 Å². The standard InChI is InChI=1S/C78H82B2N2/c1-73(2,3)51-41-57(75(7,8)9)69(58(42-51)76(10,11)12)79-61-33-25-31-53-55-39-49(47-27-21-19-22-28-47)35-37-65(55)81(71(53)61)67-46-64-68(45-63(67)79)82-66-38-36-50(48-29-23-20-24-30-48)40-56(66)54-32-26-34-62(72(54)82)80(64)70-59(77(13,14)15)43-52(74(4,5)6)44-60(70)78(16,17)18/h19-46H,1-18H3. The van der Waals surface area contributed by atoms with Gasteiger partial charge in [-0.15, -0.1) is 0 Å². The Balaban J connectivity index is 1.25. The average molecular weight is 1070 g/mol. The highest BCUT2D eigenvalue weighted by atomic mass is 15.0. The van der Waals surface area contributed by atoms with E-state index in [1.165, 1.54) is 143 Å². The molecule has 0 saturated heterocycles. The van der Waals surface area contributed by atoms with Gasteiger partial charge in [-0.1, -0.05) is 269 Å². The van der Waals surface area contributed by atoms with Gasteiger partial charge in [-0.2, -0.15) is 0 Å². The number of benzene rings is 9. The Morgan fingerprint density at radius 1 is 0.268 bits per heavy atom. The zero-order chi connectivity index (χ0) is 58.1. The molecule has 0 bridgehead atoms. The van der Waals surface area contributed by atoms with Crippen molar-refractivity contribution < 1.29 is 0 Å². The summed E-state index contributed by atoms with van der Waals surface area (Å²) < 4.78 is 5.39. The van der Waals surface area contributed by atoms with Crippen LogP contribution in [0.3, 0.4) is 0 Å². The highest BCUT2D eigenvalue weighted by Crippen LogP contribution is 2.43. The SMILES string of the molecule is CC(C)(C)c1cc(C(C)(C)C)c(B2c3cc4c(cc3-n3c5ccc(-c6ccccc6)cc5c5cccc2c53)B(c2c(C(C)(C)C)cc(C(C)(C)C)cc2C(C)(C)C)c2cccc3c5cc(-c6ccccc6)ccc5n-4c23)c(C(C)(C)C)c1. The molecule has 0 aliphatic carbocycles. The molecule has 2 aromatic heterocycles. The molecule has 13 rings (SSSR count). The highest BCUT2D eigenvalue weighted by molar-refractivity contribution is 7.00. The summed E-state index contributed by atoms with van der Waals surface area (Å²) in [6.07, 6.45) is 0. The minimum absolute atomic E-state index is 0.0441. The van der Waals surface area contributed by atoms with Crippen molar-refractivity contribution in [1.29, 1.82) is 0 Å². The highest BCUT2D eigenvalue weighted by Gasteiger charge is 2.45. The van der Waals surface area contributed by atoms with Gasteiger partial charge in [0.05, 0.1) is 11.0 Å². The Bertz CT molecular complexity index is 4070.